The number of amidine groups is 1. The highest BCUT2D eigenvalue weighted by Crippen LogP contribution is 2.22. The predicted octanol–water partition coefficient (Wildman–Crippen LogP) is 4.83. The Labute approximate surface area is 198 Å². The van der Waals surface area contributed by atoms with Crippen LogP contribution in [0.5, 0.6) is 0 Å². The number of anilines is 2. The van der Waals surface area contributed by atoms with Crippen molar-refractivity contribution >= 4 is 39.7 Å². The fourth-order valence-corrected chi connectivity index (χ4v) is 4.69. The third-order valence-corrected chi connectivity index (χ3v) is 6.80. The number of carbonyl (C=O) groups is 1. The van der Waals surface area contributed by atoms with Crippen LogP contribution in [0, 0.1) is 15.5 Å². The van der Waals surface area contributed by atoms with E-state index in [1.165, 1.54) is 24.3 Å². The average molecular weight is 478 g/mol. The van der Waals surface area contributed by atoms with Gasteiger partial charge in [0.15, 0.2) is 0 Å². The number of non-ortho nitro benzene ring substituents is 1. The number of urea groups is 1. The number of hydrogen-bond donors (Lipinski definition) is 3. The summed E-state index contributed by atoms with van der Waals surface area (Å²) in [4.78, 5) is 25.7. The molecule has 2 amide bonds. The number of rotatable bonds is 6. The highest BCUT2D eigenvalue weighted by Gasteiger charge is 2.17. The van der Waals surface area contributed by atoms with Gasteiger partial charge in [0, 0.05) is 52.0 Å². The molecule has 3 aromatic carbocycles. The second kappa shape index (κ2) is 10.3. The molecule has 4 rings (SSSR count). The molecule has 34 heavy (non-hydrogen) atoms. The normalized spacial score (nSPS) is 13.8. The highest BCUT2D eigenvalue weighted by molar-refractivity contribution is 7.85. The number of benzene rings is 3. The lowest BCUT2D eigenvalue weighted by Gasteiger charge is -2.19. The highest BCUT2D eigenvalue weighted by atomic mass is 32.2. The molecule has 3 N–H and O–H groups in total. The quantitative estimate of drug-likeness (QED) is 0.203. The number of nitrogens with zero attached hydrogens (tertiary/aromatic N) is 2. The Morgan fingerprint density at radius 2 is 1.50 bits per heavy atom. The van der Waals surface area contributed by atoms with Gasteiger partial charge >= 0.3 is 6.03 Å². The van der Waals surface area contributed by atoms with Gasteiger partial charge < -0.3 is 15.5 Å². The van der Waals surface area contributed by atoms with Crippen molar-refractivity contribution in [3.8, 4) is 0 Å². The number of nitro groups is 1. The van der Waals surface area contributed by atoms with Crippen LogP contribution in [-0.4, -0.2) is 39.0 Å². The van der Waals surface area contributed by atoms with Gasteiger partial charge in [-0.3, -0.25) is 15.5 Å². The number of nitrogens with one attached hydrogen (secondary N) is 3. The molecule has 1 unspecified atom stereocenters. The largest absolute Gasteiger partial charge is 0.357 e. The van der Waals surface area contributed by atoms with E-state index in [0.29, 0.717) is 27.0 Å². The summed E-state index contributed by atoms with van der Waals surface area (Å²) in [5.74, 6) is 0.457. The molecule has 1 heterocycles. The van der Waals surface area contributed by atoms with Crippen LogP contribution in [0.3, 0.4) is 0 Å². The molecule has 3 aromatic rings. The smallest absolute Gasteiger partial charge is 0.323 e. The Morgan fingerprint density at radius 3 is 2.12 bits per heavy atom. The first-order chi connectivity index (χ1) is 16.4. The number of carbonyl (C=O) groups excluding carboxylic acids is 1. The summed E-state index contributed by atoms with van der Waals surface area (Å²) >= 11 is 0. The minimum atomic E-state index is -1.50. The lowest BCUT2D eigenvalue weighted by Crippen LogP contribution is -2.27. The number of likely N-dealkylation sites (tertiary alicyclic amines) is 1. The van der Waals surface area contributed by atoms with Gasteiger partial charge in [0.25, 0.3) is 5.69 Å². The topological polar surface area (TPSA) is 128 Å². The van der Waals surface area contributed by atoms with E-state index in [4.69, 9.17) is 5.41 Å². The van der Waals surface area contributed by atoms with Crippen molar-refractivity contribution in [1.82, 2.24) is 4.90 Å². The maximum Gasteiger partial charge on any atom is 0.323 e. The minimum Gasteiger partial charge on any atom is -0.357 e. The molecule has 0 radical (unpaired) electrons. The van der Waals surface area contributed by atoms with Crippen LogP contribution in [-0.2, 0) is 10.8 Å². The Hall–Kier alpha value is -4.05. The third-order valence-electron chi connectivity index (χ3n) is 5.40. The Morgan fingerprint density at radius 1 is 0.912 bits per heavy atom. The maximum absolute atomic E-state index is 12.7. The van der Waals surface area contributed by atoms with E-state index < -0.39 is 21.8 Å². The molecular formula is C24H23N5O4S. The Bertz CT molecular complexity index is 1240. The fraction of sp³-hybridized carbons (Fsp3) is 0.167. The van der Waals surface area contributed by atoms with Crippen molar-refractivity contribution in [2.75, 3.05) is 23.7 Å². The molecule has 0 spiro atoms. The summed E-state index contributed by atoms with van der Waals surface area (Å²) in [5.41, 5.74) is 1.78. The summed E-state index contributed by atoms with van der Waals surface area (Å²) in [6.45, 7) is 1.75. The molecule has 0 saturated carbocycles. The van der Waals surface area contributed by atoms with Crippen molar-refractivity contribution in [1.29, 1.82) is 5.41 Å². The van der Waals surface area contributed by atoms with Gasteiger partial charge in [0.2, 0.25) is 0 Å². The Kier molecular flexibility index (Phi) is 6.98. The van der Waals surface area contributed by atoms with E-state index in [1.807, 2.05) is 11.0 Å². The predicted molar refractivity (Wildman–Crippen MR) is 131 cm³/mol. The van der Waals surface area contributed by atoms with Crippen LogP contribution >= 0.6 is 0 Å². The molecule has 0 bridgehead atoms. The van der Waals surface area contributed by atoms with Gasteiger partial charge in [-0.25, -0.2) is 9.00 Å². The van der Waals surface area contributed by atoms with E-state index in [9.17, 15) is 19.1 Å². The van der Waals surface area contributed by atoms with Crippen LogP contribution in [0.4, 0.5) is 21.9 Å². The zero-order valence-corrected chi connectivity index (χ0v) is 19.0. The van der Waals surface area contributed by atoms with Crippen molar-refractivity contribution in [2.45, 2.75) is 22.6 Å². The molecule has 10 heteroatoms. The second-order valence-corrected chi connectivity index (χ2v) is 9.23. The first-order valence-corrected chi connectivity index (χ1v) is 11.8. The molecule has 9 nitrogen and oxygen atoms in total. The molecule has 1 fully saturated rings. The van der Waals surface area contributed by atoms with Crippen LogP contribution < -0.4 is 10.6 Å². The molecule has 1 aliphatic heterocycles. The van der Waals surface area contributed by atoms with Crippen LogP contribution in [0.1, 0.15) is 18.4 Å². The average Bonchev–Trinajstić information content (AvgIpc) is 3.39. The van der Waals surface area contributed by atoms with E-state index >= 15 is 0 Å². The van der Waals surface area contributed by atoms with Crippen molar-refractivity contribution in [2.24, 2.45) is 0 Å². The van der Waals surface area contributed by atoms with Gasteiger partial charge in [-0.1, -0.05) is 12.1 Å². The summed E-state index contributed by atoms with van der Waals surface area (Å²) in [7, 11) is -1.50. The zero-order chi connectivity index (χ0) is 24.1. The summed E-state index contributed by atoms with van der Waals surface area (Å²) in [5, 5.41) is 24.7. The number of amides is 2. The van der Waals surface area contributed by atoms with E-state index in [0.717, 1.165) is 31.5 Å². The molecule has 0 aromatic heterocycles. The van der Waals surface area contributed by atoms with Gasteiger partial charge in [0.05, 0.1) is 15.7 Å². The maximum atomic E-state index is 12.7. The van der Waals surface area contributed by atoms with Crippen molar-refractivity contribution in [3.63, 3.8) is 0 Å². The zero-order valence-electron chi connectivity index (χ0n) is 18.2. The summed E-state index contributed by atoms with van der Waals surface area (Å²) < 4.78 is 12.7. The van der Waals surface area contributed by atoms with E-state index in [2.05, 4.69) is 10.6 Å². The summed E-state index contributed by atoms with van der Waals surface area (Å²) in [6.07, 6.45) is 2.17. The molecule has 1 aliphatic rings. The summed E-state index contributed by atoms with van der Waals surface area (Å²) in [6, 6.07) is 18.8. The first kappa shape index (κ1) is 23.1. The van der Waals surface area contributed by atoms with Crippen molar-refractivity contribution in [3.05, 3.63) is 88.5 Å². The van der Waals surface area contributed by atoms with Crippen LogP contribution in [0.15, 0.2) is 82.6 Å². The van der Waals surface area contributed by atoms with Crippen molar-refractivity contribution < 1.29 is 13.9 Å². The molecule has 1 atom stereocenters. The van der Waals surface area contributed by atoms with Crippen LogP contribution in [0.25, 0.3) is 0 Å². The molecular weight excluding hydrogens is 454 g/mol. The van der Waals surface area contributed by atoms with Gasteiger partial charge in [-0.15, -0.1) is 0 Å². The molecule has 174 valence electrons. The van der Waals surface area contributed by atoms with Gasteiger partial charge in [-0.05, 0) is 61.4 Å². The molecule has 1 saturated heterocycles. The van der Waals surface area contributed by atoms with Gasteiger partial charge in [-0.2, -0.15) is 0 Å². The number of hydrogen-bond acceptors (Lipinski definition) is 5. The lowest BCUT2D eigenvalue weighted by molar-refractivity contribution is -0.384. The monoisotopic (exact) mass is 477 g/mol. The third kappa shape index (κ3) is 5.46. The first-order valence-electron chi connectivity index (χ1n) is 10.7. The van der Waals surface area contributed by atoms with Crippen LogP contribution in [0.2, 0.25) is 0 Å². The Balaban J connectivity index is 1.36. The lowest BCUT2D eigenvalue weighted by atomic mass is 10.1. The fourth-order valence-electron chi connectivity index (χ4n) is 3.65. The SMILES string of the molecule is N=C(c1cccc(NC(=O)Nc2ccc(S(=O)c3ccc([N+](=O)[O-])cc3)cc2)c1)N1CCCC1. The minimum absolute atomic E-state index is 0.0651. The van der Waals surface area contributed by atoms with E-state index in [-0.39, 0.29) is 5.69 Å². The van der Waals surface area contributed by atoms with Gasteiger partial charge in [0.1, 0.15) is 5.84 Å². The van der Waals surface area contributed by atoms with E-state index in [1.54, 1.807) is 42.5 Å². The molecule has 0 aliphatic carbocycles. The number of nitro benzene ring substituents is 1. The second-order valence-electron chi connectivity index (χ2n) is 7.75. The standard InChI is InChI=1S/C24H23N5O4S/c25-23(28-14-1-2-15-28)17-4-3-5-19(16-17)27-24(30)26-18-6-10-21(11-7-18)34(33)22-12-8-20(9-13-22)29(31)32/h3-13,16,25H,1-2,14-15H2,(H2,26,27,30).